The summed E-state index contributed by atoms with van der Waals surface area (Å²) in [7, 11) is -1.92. The number of amides is 1. The number of imidazole rings is 1. The number of rotatable bonds is 6. The molecule has 0 saturated carbocycles. The van der Waals surface area contributed by atoms with Crippen molar-refractivity contribution in [2.24, 2.45) is 0 Å². The van der Waals surface area contributed by atoms with Gasteiger partial charge in [0.2, 0.25) is 5.88 Å². The van der Waals surface area contributed by atoms with Crippen LogP contribution in [0.15, 0.2) is 48.0 Å². The molecule has 3 heterocycles. The van der Waals surface area contributed by atoms with Crippen LogP contribution >= 0.6 is 11.6 Å². The molecule has 0 unspecified atom stereocenters. The molecule has 1 aromatic carbocycles. The smallest absolute Gasteiger partial charge is 0.570 e. The van der Waals surface area contributed by atoms with Crippen LogP contribution in [0.3, 0.4) is 0 Å². The van der Waals surface area contributed by atoms with Crippen LogP contribution in [0.2, 0.25) is 5.02 Å². The summed E-state index contributed by atoms with van der Waals surface area (Å²) in [5.41, 5.74) is -1.10. The predicted octanol–water partition coefficient (Wildman–Crippen LogP) is 0.489. The Morgan fingerprint density at radius 2 is 1.94 bits per heavy atom. The third kappa shape index (κ3) is 5.33. The van der Waals surface area contributed by atoms with E-state index in [1.807, 2.05) is 0 Å². The van der Waals surface area contributed by atoms with Crippen LogP contribution in [0.4, 0.5) is 14.5 Å². The van der Waals surface area contributed by atoms with Crippen LogP contribution in [0, 0.1) is 11.6 Å². The third-order valence-corrected chi connectivity index (χ3v) is 6.16. The number of hydrogen-bond donors (Lipinski definition) is 1. The number of methoxy groups -OCH3 is 1. The van der Waals surface area contributed by atoms with Gasteiger partial charge in [0.15, 0.2) is 5.69 Å². The van der Waals surface area contributed by atoms with Gasteiger partial charge in [-0.3, -0.25) is 9.78 Å². The molecule has 0 aliphatic carbocycles. The molecule has 1 N–H and O–H groups in total. The van der Waals surface area contributed by atoms with Crippen LogP contribution in [0.5, 0.6) is 5.88 Å². The van der Waals surface area contributed by atoms with E-state index in [2.05, 4.69) is 25.0 Å². The number of halogens is 3. The Labute approximate surface area is 245 Å². The fourth-order valence-corrected chi connectivity index (χ4v) is 4.44. The minimum absolute atomic E-state index is 0. The minimum atomic E-state index is -4.55. The van der Waals surface area contributed by atoms with E-state index in [0.29, 0.717) is 5.52 Å². The van der Waals surface area contributed by atoms with E-state index in [0.717, 1.165) is 18.2 Å². The molecule has 3 aromatic heterocycles. The SMILES string of the molecule is CNC(=O)c1ncn2cc(-c3c(F)ccc([N-]S(=O)(=O)c4cc(Cl)cnc4OC)c3F)ncc12.[K+]. The van der Waals surface area contributed by atoms with Crippen molar-refractivity contribution in [1.29, 1.82) is 0 Å². The first kappa shape index (κ1) is 27.4. The van der Waals surface area contributed by atoms with Crippen LogP contribution in [0.25, 0.3) is 21.5 Å². The molecule has 0 fully saturated rings. The van der Waals surface area contributed by atoms with Gasteiger partial charge in [-0.1, -0.05) is 23.4 Å². The van der Waals surface area contributed by atoms with E-state index in [4.69, 9.17) is 16.3 Å². The first-order valence-electron chi connectivity index (χ1n) is 9.37. The van der Waals surface area contributed by atoms with Gasteiger partial charge in [0.1, 0.15) is 32.9 Å². The molecule has 0 spiro atoms. The van der Waals surface area contributed by atoms with Gasteiger partial charge in [-0.2, -0.15) is 0 Å². The molecule has 1 amide bonds. The topological polar surface area (TPSA) is 130 Å². The molecule has 10 nitrogen and oxygen atoms in total. The summed E-state index contributed by atoms with van der Waals surface area (Å²) in [5.74, 6) is -3.04. The number of ether oxygens (including phenoxy) is 1. The number of aromatic nitrogens is 4. The molecule has 0 radical (unpaired) electrons. The zero-order chi connectivity index (χ0) is 24.6. The van der Waals surface area contributed by atoms with E-state index < -0.39 is 43.7 Å². The summed E-state index contributed by atoms with van der Waals surface area (Å²) >= 11 is 5.83. The first-order chi connectivity index (χ1) is 16.2. The Kier molecular flexibility index (Phi) is 8.46. The molecule has 4 aromatic rings. The van der Waals surface area contributed by atoms with Crippen LogP contribution in [0.1, 0.15) is 10.5 Å². The summed E-state index contributed by atoms with van der Waals surface area (Å²) in [6, 6.07) is 2.78. The van der Waals surface area contributed by atoms with Gasteiger partial charge < -0.3 is 19.2 Å². The second-order valence-electron chi connectivity index (χ2n) is 6.72. The number of hydrogen-bond acceptors (Lipinski definition) is 7. The molecule has 0 aliphatic heterocycles. The van der Waals surface area contributed by atoms with Crippen LogP contribution in [-0.2, 0) is 10.0 Å². The molecule has 4 rings (SSSR count). The first-order valence-corrected chi connectivity index (χ1v) is 11.2. The Hall–Kier alpha value is -2.20. The summed E-state index contributed by atoms with van der Waals surface area (Å²) in [6.45, 7) is 0. The molecule has 0 atom stereocenters. The predicted molar refractivity (Wildman–Crippen MR) is 118 cm³/mol. The molecular formula is C20H14ClF2KN6O4S. The quantitative estimate of drug-likeness (QED) is 0.348. The van der Waals surface area contributed by atoms with E-state index in [9.17, 15) is 17.6 Å². The number of carbonyl (C=O) groups is 1. The largest absolute Gasteiger partial charge is 1.00 e. The van der Waals surface area contributed by atoms with E-state index in [-0.39, 0.29) is 73.7 Å². The maximum Gasteiger partial charge on any atom is 1.00 e. The molecule has 0 aliphatic rings. The van der Waals surface area contributed by atoms with Crippen molar-refractivity contribution in [2.45, 2.75) is 4.90 Å². The zero-order valence-electron chi connectivity index (χ0n) is 18.5. The third-order valence-electron chi connectivity index (χ3n) is 4.66. The fraction of sp³-hybridized carbons (Fsp3) is 0.100. The zero-order valence-corrected chi connectivity index (χ0v) is 23.1. The van der Waals surface area contributed by atoms with Crippen molar-refractivity contribution in [3.63, 3.8) is 0 Å². The van der Waals surface area contributed by atoms with Gasteiger partial charge in [-0.05, 0) is 12.1 Å². The van der Waals surface area contributed by atoms with Gasteiger partial charge >= 0.3 is 51.4 Å². The van der Waals surface area contributed by atoms with Crippen molar-refractivity contribution < 1.29 is 78.1 Å². The fourth-order valence-electron chi connectivity index (χ4n) is 3.09. The summed E-state index contributed by atoms with van der Waals surface area (Å²) in [6.07, 6.45) is 4.91. The van der Waals surface area contributed by atoms with Crippen molar-refractivity contribution in [2.75, 3.05) is 14.2 Å². The Bertz CT molecular complexity index is 1550. The number of sulfonamides is 1. The molecule has 0 saturated heterocycles. The number of benzene rings is 1. The van der Waals surface area contributed by atoms with E-state index in [1.54, 1.807) is 0 Å². The minimum Gasteiger partial charge on any atom is -0.570 e. The van der Waals surface area contributed by atoms with Crippen molar-refractivity contribution >= 4 is 38.7 Å². The summed E-state index contributed by atoms with van der Waals surface area (Å²) in [4.78, 5) is 23.1. The normalized spacial score (nSPS) is 11.1. The van der Waals surface area contributed by atoms with Gasteiger partial charge in [-0.25, -0.2) is 27.2 Å². The number of nitrogens with zero attached hydrogens (tertiary/aromatic N) is 5. The number of carbonyl (C=O) groups excluding carboxylic acids is 1. The summed E-state index contributed by atoms with van der Waals surface area (Å²) < 4.78 is 65.3. The number of pyridine rings is 1. The van der Waals surface area contributed by atoms with Gasteiger partial charge in [0, 0.05) is 19.4 Å². The van der Waals surface area contributed by atoms with Gasteiger partial charge in [0.05, 0.1) is 35.1 Å². The molecule has 35 heavy (non-hydrogen) atoms. The number of nitrogens with one attached hydrogen (secondary N) is 1. The number of fused-ring (bicyclic) bond motifs is 1. The molecule has 176 valence electrons. The average Bonchev–Trinajstić information content (AvgIpc) is 3.24. The maximum atomic E-state index is 15.3. The van der Waals surface area contributed by atoms with Gasteiger partial charge in [0.25, 0.3) is 5.91 Å². The molecule has 15 heteroatoms. The Morgan fingerprint density at radius 3 is 2.63 bits per heavy atom. The van der Waals surface area contributed by atoms with E-state index in [1.165, 1.54) is 43.5 Å². The van der Waals surface area contributed by atoms with Crippen molar-refractivity contribution in [3.05, 3.63) is 70.2 Å². The van der Waals surface area contributed by atoms with Crippen LogP contribution in [-0.4, -0.2) is 47.8 Å². The Morgan fingerprint density at radius 1 is 1.20 bits per heavy atom. The second kappa shape index (κ2) is 10.8. The average molecular weight is 547 g/mol. The monoisotopic (exact) mass is 546 g/mol. The van der Waals surface area contributed by atoms with Gasteiger partial charge in [-0.15, -0.1) is 0 Å². The maximum absolute atomic E-state index is 15.3. The van der Waals surface area contributed by atoms with Crippen LogP contribution < -0.4 is 61.4 Å². The molecule has 0 bridgehead atoms. The van der Waals surface area contributed by atoms with Crippen molar-refractivity contribution in [1.82, 2.24) is 24.7 Å². The summed E-state index contributed by atoms with van der Waals surface area (Å²) in [5, 5.41) is 2.41. The van der Waals surface area contributed by atoms with E-state index >= 15 is 4.39 Å². The second-order valence-corrected chi connectivity index (χ2v) is 8.73. The van der Waals surface area contributed by atoms with Crippen molar-refractivity contribution in [3.8, 4) is 17.1 Å². The Balaban J connectivity index is 0.00000342. The molecular weight excluding hydrogens is 533 g/mol. The standard InChI is InChI=1S/C20H14ClF2N6O4S.K/c1-24-19(30)18-14-7-25-13(8-29(14)9-27-18)16-11(22)3-4-12(17(16)23)28-34(31,32)15-5-10(21)6-26-20(15)33-2;/h3-9H,1-2H3,(H,24,30);/q-1;+1.